The molecule has 1 aliphatic heterocycles. The Morgan fingerprint density at radius 3 is 2.75 bits per heavy atom. The molecule has 3 rings (SSSR count). The molecule has 5 nitrogen and oxygen atoms in total. The molecule has 0 radical (unpaired) electrons. The van der Waals surface area contributed by atoms with Crippen LogP contribution in [0.15, 0.2) is 12.4 Å². The van der Waals surface area contributed by atoms with Gasteiger partial charge in [-0.1, -0.05) is 0 Å². The minimum Gasteiger partial charge on any atom is -0.381 e. The Bertz CT molecular complexity index is 427. The van der Waals surface area contributed by atoms with Crippen molar-refractivity contribution in [3.8, 4) is 0 Å². The molecule has 5 heteroatoms. The van der Waals surface area contributed by atoms with Crippen LogP contribution in [0, 0.1) is 0 Å². The molecule has 2 aliphatic rings. The normalized spacial score (nSPS) is 34.5. The Balaban J connectivity index is 1.58. The molecule has 2 atom stereocenters. The van der Waals surface area contributed by atoms with Gasteiger partial charge in [0, 0.05) is 45.2 Å². The van der Waals surface area contributed by atoms with Crippen molar-refractivity contribution < 1.29 is 9.47 Å². The number of aromatic nitrogens is 2. The van der Waals surface area contributed by atoms with Crippen LogP contribution in [0.1, 0.15) is 44.0 Å². The van der Waals surface area contributed by atoms with E-state index in [4.69, 9.17) is 9.47 Å². The molecule has 0 aromatic carbocycles. The van der Waals surface area contributed by atoms with Gasteiger partial charge in [0.15, 0.2) is 0 Å². The van der Waals surface area contributed by atoms with E-state index in [1.165, 1.54) is 12.8 Å². The van der Waals surface area contributed by atoms with Gasteiger partial charge < -0.3 is 19.4 Å². The first kappa shape index (κ1) is 14.0. The summed E-state index contributed by atoms with van der Waals surface area (Å²) in [6.07, 6.45) is 10.2. The molecular weight excluding hydrogens is 254 g/mol. The van der Waals surface area contributed by atoms with Crippen molar-refractivity contribution in [3.05, 3.63) is 18.2 Å². The zero-order valence-electron chi connectivity index (χ0n) is 12.4. The number of nitrogens with one attached hydrogen (secondary N) is 1. The highest BCUT2D eigenvalue weighted by Crippen LogP contribution is 2.30. The van der Waals surface area contributed by atoms with E-state index in [1.54, 1.807) is 0 Å². The van der Waals surface area contributed by atoms with E-state index in [0.717, 1.165) is 31.7 Å². The summed E-state index contributed by atoms with van der Waals surface area (Å²) in [6, 6.07) is 0.982. The van der Waals surface area contributed by atoms with Crippen LogP contribution in [-0.2, 0) is 16.5 Å². The molecule has 1 saturated heterocycles. The van der Waals surface area contributed by atoms with E-state index in [9.17, 15) is 0 Å². The number of methoxy groups -OCH3 is 1. The Morgan fingerprint density at radius 1 is 1.30 bits per heavy atom. The maximum Gasteiger partial charge on any atom is 0.139 e. The van der Waals surface area contributed by atoms with Crippen molar-refractivity contribution in [1.29, 1.82) is 0 Å². The molecule has 2 heterocycles. The highest BCUT2D eigenvalue weighted by Gasteiger charge is 2.34. The summed E-state index contributed by atoms with van der Waals surface area (Å²) in [4.78, 5) is 4.44. The van der Waals surface area contributed by atoms with Crippen molar-refractivity contribution >= 4 is 0 Å². The van der Waals surface area contributed by atoms with Gasteiger partial charge in [0.1, 0.15) is 11.9 Å². The predicted octanol–water partition coefficient (Wildman–Crippen LogP) is 1.80. The third kappa shape index (κ3) is 2.90. The fraction of sp³-hybridized carbons (Fsp3) is 0.800. The third-order valence-corrected chi connectivity index (χ3v) is 4.66. The Morgan fingerprint density at radius 2 is 2.10 bits per heavy atom. The van der Waals surface area contributed by atoms with Crippen LogP contribution in [0.2, 0.25) is 0 Å². The summed E-state index contributed by atoms with van der Waals surface area (Å²) in [6.45, 7) is 0.822. The molecule has 1 aromatic rings. The first-order valence-electron chi connectivity index (χ1n) is 7.65. The highest BCUT2D eigenvalue weighted by atomic mass is 16.5. The fourth-order valence-electron chi connectivity index (χ4n) is 3.43. The van der Waals surface area contributed by atoms with E-state index in [1.807, 2.05) is 26.6 Å². The molecular formula is C15H25N3O2. The van der Waals surface area contributed by atoms with E-state index in [0.29, 0.717) is 18.2 Å². The molecule has 0 amide bonds. The quantitative estimate of drug-likeness (QED) is 0.913. The zero-order valence-corrected chi connectivity index (χ0v) is 12.4. The largest absolute Gasteiger partial charge is 0.381 e. The molecule has 1 saturated carbocycles. The average Bonchev–Trinajstić information content (AvgIpc) is 3.08. The third-order valence-electron chi connectivity index (χ3n) is 4.66. The van der Waals surface area contributed by atoms with Crippen molar-refractivity contribution in [2.24, 2.45) is 7.05 Å². The standard InChI is InChI=1S/C15H25N3O2/c1-18-9-8-16-15(18)14-13(7-10-20-14)17-11-3-5-12(19-2)6-4-11/h8-9,11-14,17H,3-7,10H2,1-2H3/t11?,12?,13-,14-/m0/s1. The second-order valence-electron chi connectivity index (χ2n) is 5.96. The van der Waals surface area contributed by atoms with Crippen molar-refractivity contribution in [3.63, 3.8) is 0 Å². The van der Waals surface area contributed by atoms with Gasteiger partial charge in [-0.25, -0.2) is 4.98 Å². The van der Waals surface area contributed by atoms with Crippen LogP contribution >= 0.6 is 0 Å². The monoisotopic (exact) mass is 279 g/mol. The van der Waals surface area contributed by atoms with Crippen molar-refractivity contribution in [2.75, 3.05) is 13.7 Å². The number of imidazole rings is 1. The van der Waals surface area contributed by atoms with Crippen LogP contribution in [0.3, 0.4) is 0 Å². The lowest BCUT2D eigenvalue weighted by atomic mass is 9.92. The molecule has 0 spiro atoms. The second kappa shape index (κ2) is 6.24. The van der Waals surface area contributed by atoms with Crippen LogP contribution in [0.4, 0.5) is 0 Å². The minimum absolute atomic E-state index is 0.0927. The van der Waals surface area contributed by atoms with Gasteiger partial charge >= 0.3 is 0 Å². The van der Waals surface area contributed by atoms with Gasteiger partial charge in [-0.05, 0) is 32.1 Å². The van der Waals surface area contributed by atoms with Crippen LogP contribution in [0.25, 0.3) is 0 Å². The van der Waals surface area contributed by atoms with Crippen molar-refractivity contribution in [1.82, 2.24) is 14.9 Å². The van der Waals surface area contributed by atoms with Gasteiger partial charge in [0.25, 0.3) is 0 Å². The molecule has 1 aromatic heterocycles. The zero-order chi connectivity index (χ0) is 13.9. The Labute approximate surface area is 120 Å². The SMILES string of the molecule is COC1CCC(N[C@H]2CCO[C@@H]2c2nccn2C)CC1. The number of hydrogen-bond donors (Lipinski definition) is 1. The smallest absolute Gasteiger partial charge is 0.139 e. The first-order valence-corrected chi connectivity index (χ1v) is 7.65. The lowest BCUT2D eigenvalue weighted by Crippen LogP contribution is -2.43. The summed E-state index contributed by atoms with van der Waals surface area (Å²) in [5.74, 6) is 1.03. The fourth-order valence-corrected chi connectivity index (χ4v) is 3.43. The maximum atomic E-state index is 5.90. The molecule has 1 aliphatic carbocycles. The highest BCUT2D eigenvalue weighted by molar-refractivity contribution is 5.03. The number of nitrogens with zero attached hydrogens (tertiary/aromatic N) is 2. The second-order valence-corrected chi connectivity index (χ2v) is 5.96. The number of ether oxygens (including phenoxy) is 2. The Hall–Kier alpha value is -0.910. The lowest BCUT2D eigenvalue weighted by Gasteiger charge is -2.31. The molecule has 20 heavy (non-hydrogen) atoms. The Kier molecular flexibility index (Phi) is 4.38. The number of hydrogen-bond acceptors (Lipinski definition) is 4. The predicted molar refractivity (Wildman–Crippen MR) is 76.5 cm³/mol. The average molecular weight is 279 g/mol. The van der Waals surface area contributed by atoms with Crippen LogP contribution in [0.5, 0.6) is 0 Å². The summed E-state index contributed by atoms with van der Waals surface area (Å²) in [7, 11) is 3.85. The maximum absolute atomic E-state index is 5.90. The molecule has 1 N–H and O–H groups in total. The van der Waals surface area contributed by atoms with Gasteiger partial charge in [-0.2, -0.15) is 0 Å². The van der Waals surface area contributed by atoms with Gasteiger partial charge in [0.2, 0.25) is 0 Å². The van der Waals surface area contributed by atoms with Gasteiger partial charge in [0.05, 0.1) is 6.10 Å². The molecule has 112 valence electrons. The first-order chi connectivity index (χ1) is 9.78. The van der Waals surface area contributed by atoms with Crippen LogP contribution < -0.4 is 5.32 Å². The van der Waals surface area contributed by atoms with Gasteiger partial charge in [-0.3, -0.25) is 0 Å². The van der Waals surface area contributed by atoms with E-state index < -0.39 is 0 Å². The lowest BCUT2D eigenvalue weighted by molar-refractivity contribution is 0.0549. The molecule has 0 unspecified atom stereocenters. The molecule has 2 fully saturated rings. The van der Waals surface area contributed by atoms with E-state index in [-0.39, 0.29) is 6.10 Å². The summed E-state index contributed by atoms with van der Waals surface area (Å²) >= 11 is 0. The summed E-state index contributed by atoms with van der Waals surface area (Å²) < 4.78 is 13.4. The van der Waals surface area contributed by atoms with E-state index >= 15 is 0 Å². The number of rotatable bonds is 4. The van der Waals surface area contributed by atoms with Crippen LogP contribution in [-0.4, -0.2) is 41.5 Å². The van der Waals surface area contributed by atoms with E-state index in [2.05, 4.69) is 14.9 Å². The topological polar surface area (TPSA) is 48.3 Å². The summed E-state index contributed by atoms with van der Waals surface area (Å²) in [5, 5.41) is 3.79. The summed E-state index contributed by atoms with van der Waals surface area (Å²) in [5.41, 5.74) is 0. The number of aryl methyl sites for hydroxylation is 1. The molecule has 0 bridgehead atoms. The van der Waals surface area contributed by atoms with Crippen molar-refractivity contribution in [2.45, 2.75) is 56.4 Å². The minimum atomic E-state index is 0.0927. The van der Waals surface area contributed by atoms with Gasteiger partial charge in [-0.15, -0.1) is 0 Å².